The fraction of sp³-hybridized carbons (Fsp3) is 0.429. The summed E-state index contributed by atoms with van der Waals surface area (Å²) in [6.45, 7) is 0.577. The van der Waals surface area contributed by atoms with Crippen molar-refractivity contribution in [1.29, 1.82) is 5.26 Å². The largest absolute Gasteiger partial charge is 0.493 e. The lowest BCUT2D eigenvalue weighted by molar-refractivity contribution is 0.0756. The van der Waals surface area contributed by atoms with Crippen LogP contribution < -0.4 is 14.2 Å². The van der Waals surface area contributed by atoms with E-state index in [1.807, 2.05) is 6.07 Å². The van der Waals surface area contributed by atoms with Gasteiger partial charge in [0.1, 0.15) is 6.54 Å². The minimum absolute atomic E-state index is 0.0653. The smallest absolute Gasteiger partial charge is 0.258 e. The molecule has 6 nitrogen and oxygen atoms in total. The second kappa shape index (κ2) is 5.70. The van der Waals surface area contributed by atoms with Crippen molar-refractivity contribution >= 4 is 5.91 Å². The Balaban J connectivity index is 2.60. The number of rotatable bonds is 4. The van der Waals surface area contributed by atoms with Crippen molar-refractivity contribution in [3.63, 3.8) is 0 Å². The highest BCUT2D eigenvalue weighted by molar-refractivity contribution is 6.01. The Labute approximate surface area is 117 Å². The Morgan fingerprint density at radius 1 is 1.25 bits per heavy atom. The fourth-order valence-electron chi connectivity index (χ4n) is 2.39. The first kappa shape index (κ1) is 14.0. The molecular formula is C14H16N2O4. The van der Waals surface area contributed by atoms with Gasteiger partial charge in [-0.1, -0.05) is 0 Å². The van der Waals surface area contributed by atoms with E-state index in [4.69, 9.17) is 19.5 Å². The summed E-state index contributed by atoms with van der Waals surface area (Å²) in [6.07, 6.45) is 0.652. The maximum Gasteiger partial charge on any atom is 0.258 e. The number of nitrogens with zero attached hydrogens (tertiary/aromatic N) is 2. The molecule has 2 rings (SSSR count). The molecule has 6 heteroatoms. The molecule has 0 atom stereocenters. The van der Waals surface area contributed by atoms with Gasteiger partial charge in [-0.05, 0) is 18.1 Å². The van der Waals surface area contributed by atoms with Crippen molar-refractivity contribution in [2.75, 3.05) is 34.4 Å². The lowest BCUT2D eigenvalue weighted by Gasteiger charge is -2.28. The average Bonchev–Trinajstić information content (AvgIpc) is 2.48. The molecule has 1 aromatic carbocycles. The number of hydrogen-bond acceptors (Lipinski definition) is 5. The molecule has 106 valence electrons. The van der Waals surface area contributed by atoms with Gasteiger partial charge >= 0.3 is 0 Å². The average molecular weight is 276 g/mol. The Kier molecular flexibility index (Phi) is 3.99. The summed E-state index contributed by atoms with van der Waals surface area (Å²) in [5, 5.41) is 8.77. The number of ether oxygens (including phenoxy) is 3. The third-order valence-electron chi connectivity index (χ3n) is 3.33. The van der Waals surface area contributed by atoms with Crippen molar-refractivity contribution < 1.29 is 19.0 Å². The highest BCUT2D eigenvalue weighted by atomic mass is 16.5. The maximum absolute atomic E-state index is 12.5. The lowest BCUT2D eigenvalue weighted by Crippen LogP contribution is -2.38. The summed E-state index contributed by atoms with van der Waals surface area (Å²) in [5.41, 5.74) is 1.30. The van der Waals surface area contributed by atoms with Crippen LogP contribution in [0, 0.1) is 11.3 Å². The van der Waals surface area contributed by atoms with E-state index in [0.29, 0.717) is 35.8 Å². The van der Waals surface area contributed by atoms with Crippen LogP contribution in [-0.4, -0.2) is 45.2 Å². The zero-order valence-corrected chi connectivity index (χ0v) is 11.7. The number of carbonyl (C=O) groups excluding carboxylic acids is 1. The molecule has 1 heterocycles. The van der Waals surface area contributed by atoms with Gasteiger partial charge in [0.05, 0.1) is 33.0 Å². The maximum atomic E-state index is 12.5. The summed E-state index contributed by atoms with van der Waals surface area (Å²) in [6, 6.07) is 3.79. The van der Waals surface area contributed by atoms with Crippen LogP contribution in [0.25, 0.3) is 0 Å². The first-order valence-corrected chi connectivity index (χ1v) is 6.16. The zero-order valence-electron chi connectivity index (χ0n) is 11.7. The number of benzene rings is 1. The van der Waals surface area contributed by atoms with Crippen LogP contribution in [0.3, 0.4) is 0 Å². The third-order valence-corrected chi connectivity index (χ3v) is 3.33. The zero-order chi connectivity index (χ0) is 14.7. The van der Waals surface area contributed by atoms with Gasteiger partial charge in [-0.15, -0.1) is 0 Å². The van der Waals surface area contributed by atoms with Crippen LogP contribution in [0.15, 0.2) is 6.07 Å². The van der Waals surface area contributed by atoms with Crippen molar-refractivity contribution in [3.05, 3.63) is 17.2 Å². The van der Waals surface area contributed by atoms with Gasteiger partial charge < -0.3 is 19.1 Å². The van der Waals surface area contributed by atoms with Gasteiger partial charge in [-0.3, -0.25) is 4.79 Å². The monoisotopic (exact) mass is 276 g/mol. The van der Waals surface area contributed by atoms with E-state index in [-0.39, 0.29) is 12.5 Å². The Morgan fingerprint density at radius 3 is 2.50 bits per heavy atom. The molecule has 1 aliphatic rings. The summed E-state index contributed by atoms with van der Waals surface area (Å²) >= 11 is 0. The second-order valence-electron chi connectivity index (χ2n) is 4.31. The first-order chi connectivity index (χ1) is 9.67. The predicted octanol–water partition coefficient (Wildman–Crippen LogP) is 1.23. The minimum atomic E-state index is -0.217. The van der Waals surface area contributed by atoms with Gasteiger partial charge in [0.25, 0.3) is 5.91 Å². The quantitative estimate of drug-likeness (QED) is 0.773. The van der Waals surface area contributed by atoms with Crippen LogP contribution in [-0.2, 0) is 6.42 Å². The number of nitriles is 1. The van der Waals surface area contributed by atoms with E-state index < -0.39 is 0 Å². The van der Waals surface area contributed by atoms with Crippen molar-refractivity contribution in [1.82, 2.24) is 4.90 Å². The molecule has 0 saturated carbocycles. The SMILES string of the molecule is COc1cc2c(c(OC)c1OC)C(=O)N(CC#N)CC2. The van der Waals surface area contributed by atoms with Gasteiger partial charge in [-0.2, -0.15) is 5.26 Å². The number of amides is 1. The van der Waals surface area contributed by atoms with Crippen LogP contribution >= 0.6 is 0 Å². The van der Waals surface area contributed by atoms with Crippen molar-refractivity contribution in [2.45, 2.75) is 6.42 Å². The van der Waals surface area contributed by atoms with Gasteiger partial charge in [0, 0.05) is 6.54 Å². The van der Waals surface area contributed by atoms with Crippen molar-refractivity contribution in [3.8, 4) is 23.3 Å². The van der Waals surface area contributed by atoms with Gasteiger partial charge in [0.2, 0.25) is 5.75 Å². The molecule has 1 aliphatic heterocycles. The molecule has 20 heavy (non-hydrogen) atoms. The number of carbonyl (C=O) groups is 1. The van der Waals surface area contributed by atoms with E-state index in [2.05, 4.69) is 0 Å². The Bertz CT molecular complexity index is 578. The number of hydrogen-bond donors (Lipinski definition) is 0. The van der Waals surface area contributed by atoms with E-state index in [9.17, 15) is 4.79 Å². The molecule has 0 unspecified atom stereocenters. The molecule has 1 aromatic rings. The summed E-state index contributed by atoms with van der Waals surface area (Å²) < 4.78 is 15.9. The molecule has 1 amide bonds. The van der Waals surface area contributed by atoms with Crippen LogP contribution in [0.5, 0.6) is 17.2 Å². The third kappa shape index (κ3) is 2.11. The minimum Gasteiger partial charge on any atom is -0.493 e. The van der Waals surface area contributed by atoms with Crippen LogP contribution in [0.4, 0.5) is 0 Å². The molecule has 0 aromatic heterocycles. The Hall–Kier alpha value is -2.42. The summed E-state index contributed by atoms with van der Waals surface area (Å²) in [5.74, 6) is 1.06. The van der Waals surface area contributed by atoms with Crippen LogP contribution in [0.2, 0.25) is 0 Å². The topological polar surface area (TPSA) is 71.8 Å². The van der Waals surface area contributed by atoms with E-state index in [1.54, 1.807) is 6.07 Å². The van der Waals surface area contributed by atoms with E-state index in [1.165, 1.54) is 26.2 Å². The van der Waals surface area contributed by atoms with E-state index in [0.717, 1.165) is 5.56 Å². The Morgan fingerprint density at radius 2 is 1.95 bits per heavy atom. The molecule has 0 bridgehead atoms. The summed E-state index contributed by atoms with van der Waals surface area (Å²) in [7, 11) is 4.51. The highest BCUT2D eigenvalue weighted by Crippen LogP contribution is 2.43. The van der Waals surface area contributed by atoms with Gasteiger partial charge in [0.15, 0.2) is 11.5 Å². The molecule has 0 N–H and O–H groups in total. The van der Waals surface area contributed by atoms with Crippen LogP contribution in [0.1, 0.15) is 15.9 Å². The fourth-order valence-corrected chi connectivity index (χ4v) is 2.39. The molecule has 0 radical (unpaired) electrons. The standard InChI is InChI=1S/C14H16N2O4/c1-18-10-8-9-4-6-16(7-5-15)14(17)11(9)13(20-3)12(10)19-2/h8H,4,6-7H2,1-3H3. The summed E-state index contributed by atoms with van der Waals surface area (Å²) in [4.78, 5) is 13.9. The normalized spacial score (nSPS) is 13.5. The molecule has 0 aliphatic carbocycles. The lowest BCUT2D eigenvalue weighted by atomic mass is 9.96. The second-order valence-corrected chi connectivity index (χ2v) is 4.31. The number of methoxy groups -OCH3 is 3. The molecule has 0 saturated heterocycles. The first-order valence-electron chi connectivity index (χ1n) is 6.16. The predicted molar refractivity (Wildman–Crippen MR) is 71.3 cm³/mol. The van der Waals surface area contributed by atoms with E-state index >= 15 is 0 Å². The highest BCUT2D eigenvalue weighted by Gasteiger charge is 2.31. The van der Waals surface area contributed by atoms with Gasteiger partial charge in [-0.25, -0.2) is 0 Å². The molecule has 0 spiro atoms. The molecule has 0 fully saturated rings. The molecular weight excluding hydrogens is 260 g/mol. The number of fused-ring (bicyclic) bond motifs is 1. The van der Waals surface area contributed by atoms with Crippen molar-refractivity contribution in [2.24, 2.45) is 0 Å².